The molecule has 0 spiro atoms. The molecule has 1 aliphatic rings. The molecule has 0 aliphatic carbocycles. The van der Waals surface area contributed by atoms with Crippen LogP contribution in [0.15, 0.2) is 41.4 Å². The maximum atomic E-state index is 12.7. The number of hydrogen-bond donors (Lipinski definition) is 0. The summed E-state index contributed by atoms with van der Waals surface area (Å²) in [6.45, 7) is 12.9. The molecule has 0 radical (unpaired) electrons. The summed E-state index contributed by atoms with van der Waals surface area (Å²) in [5, 5.41) is 0. The molecule has 1 heterocycles. The van der Waals surface area contributed by atoms with E-state index in [1.54, 1.807) is 0 Å². The lowest BCUT2D eigenvalue weighted by atomic mass is 9.71. The minimum absolute atomic E-state index is 0.00250. The average Bonchev–Trinajstić information content (AvgIpc) is 2.46. The third-order valence-electron chi connectivity index (χ3n) is 4.93. The van der Waals surface area contributed by atoms with E-state index in [1.165, 1.54) is 0 Å². The summed E-state index contributed by atoms with van der Waals surface area (Å²) in [7, 11) is 0. The van der Waals surface area contributed by atoms with Crippen LogP contribution in [-0.2, 0) is 4.74 Å². The van der Waals surface area contributed by atoms with Gasteiger partial charge in [-0.15, -0.1) is 6.58 Å². The van der Waals surface area contributed by atoms with Gasteiger partial charge in [-0.25, -0.2) is 4.79 Å². The van der Waals surface area contributed by atoms with Crippen LogP contribution in [0.5, 0.6) is 0 Å². The number of ether oxygens (including phenoxy) is 1. The Kier molecular flexibility index (Phi) is 5.24. The van der Waals surface area contributed by atoms with E-state index in [0.717, 1.165) is 16.5 Å². The predicted molar refractivity (Wildman–Crippen MR) is 97.4 cm³/mol. The van der Waals surface area contributed by atoms with Crippen LogP contribution < -0.4 is 0 Å². The van der Waals surface area contributed by atoms with Crippen LogP contribution >= 0.6 is 15.9 Å². The molecule has 0 saturated carbocycles. The molecule has 3 nitrogen and oxygen atoms in total. The lowest BCUT2D eigenvalue weighted by Crippen LogP contribution is -2.56. The van der Waals surface area contributed by atoms with Crippen molar-refractivity contribution >= 4 is 22.0 Å². The molecule has 4 heteroatoms. The first-order valence-electron chi connectivity index (χ1n) is 8.06. The molecule has 1 saturated heterocycles. The summed E-state index contributed by atoms with van der Waals surface area (Å²) in [6, 6.07) is 8.07. The van der Waals surface area contributed by atoms with Gasteiger partial charge in [0.05, 0.1) is 6.04 Å². The zero-order valence-corrected chi connectivity index (χ0v) is 16.0. The van der Waals surface area contributed by atoms with E-state index in [9.17, 15) is 4.79 Å². The zero-order valence-electron chi connectivity index (χ0n) is 14.4. The van der Waals surface area contributed by atoms with Crippen LogP contribution in [0.3, 0.4) is 0 Å². The second kappa shape index (κ2) is 6.68. The Morgan fingerprint density at radius 3 is 2.48 bits per heavy atom. The first kappa shape index (κ1) is 18.1. The fourth-order valence-electron chi connectivity index (χ4n) is 3.15. The monoisotopic (exact) mass is 379 g/mol. The van der Waals surface area contributed by atoms with Crippen molar-refractivity contribution in [2.24, 2.45) is 5.41 Å². The van der Waals surface area contributed by atoms with Gasteiger partial charge in [-0.1, -0.05) is 54.9 Å². The highest BCUT2D eigenvalue weighted by Crippen LogP contribution is 2.43. The van der Waals surface area contributed by atoms with Crippen LogP contribution in [0.2, 0.25) is 0 Å². The van der Waals surface area contributed by atoms with E-state index in [0.29, 0.717) is 13.0 Å². The number of hydrogen-bond acceptors (Lipinski definition) is 2. The second-order valence-corrected chi connectivity index (χ2v) is 8.19. The number of carbonyl (C=O) groups excluding carboxylic acids is 1. The third-order valence-corrected chi connectivity index (χ3v) is 5.46. The van der Waals surface area contributed by atoms with Gasteiger partial charge >= 0.3 is 6.09 Å². The second-order valence-electron chi connectivity index (χ2n) is 7.28. The van der Waals surface area contributed by atoms with E-state index in [1.807, 2.05) is 42.2 Å². The van der Waals surface area contributed by atoms with Crippen LogP contribution in [0.1, 0.15) is 52.1 Å². The van der Waals surface area contributed by atoms with Gasteiger partial charge in [-0.3, -0.25) is 0 Å². The molecular weight excluding hydrogens is 354 g/mol. The van der Waals surface area contributed by atoms with Crippen molar-refractivity contribution in [3.63, 3.8) is 0 Å². The van der Waals surface area contributed by atoms with E-state index in [-0.39, 0.29) is 17.6 Å². The summed E-state index contributed by atoms with van der Waals surface area (Å²) in [5.41, 5.74) is 0.517. The summed E-state index contributed by atoms with van der Waals surface area (Å²) in [4.78, 5) is 14.5. The molecule has 1 unspecified atom stereocenters. The minimum atomic E-state index is -0.470. The topological polar surface area (TPSA) is 29.5 Å². The number of rotatable bonds is 4. The molecule has 0 bridgehead atoms. The molecule has 1 aromatic rings. The fourth-order valence-corrected chi connectivity index (χ4v) is 3.42. The van der Waals surface area contributed by atoms with E-state index in [2.05, 4.69) is 43.3 Å². The first-order chi connectivity index (χ1) is 10.7. The maximum absolute atomic E-state index is 12.7. The summed E-state index contributed by atoms with van der Waals surface area (Å²) >= 11 is 3.44. The van der Waals surface area contributed by atoms with Gasteiger partial charge in [-0.2, -0.15) is 0 Å². The molecule has 1 aromatic carbocycles. The number of amides is 1. The van der Waals surface area contributed by atoms with E-state index in [4.69, 9.17) is 4.74 Å². The Morgan fingerprint density at radius 2 is 2.00 bits per heavy atom. The highest BCUT2D eigenvalue weighted by atomic mass is 79.9. The predicted octanol–water partition coefficient (Wildman–Crippen LogP) is 5.71. The first-order valence-corrected chi connectivity index (χ1v) is 8.85. The minimum Gasteiger partial charge on any atom is -0.442 e. The maximum Gasteiger partial charge on any atom is 0.410 e. The van der Waals surface area contributed by atoms with Gasteiger partial charge in [0.25, 0.3) is 0 Å². The van der Waals surface area contributed by atoms with Crippen molar-refractivity contribution in [1.82, 2.24) is 4.90 Å². The van der Waals surface area contributed by atoms with Crippen molar-refractivity contribution < 1.29 is 9.53 Å². The van der Waals surface area contributed by atoms with E-state index >= 15 is 0 Å². The van der Waals surface area contributed by atoms with Gasteiger partial charge in [0.15, 0.2) is 0 Å². The summed E-state index contributed by atoms with van der Waals surface area (Å²) in [5.74, 6) is 0. The third kappa shape index (κ3) is 3.63. The summed E-state index contributed by atoms with van der Waals surface area (Å²) < 4.78 is 7.00. The lowest BCUT2D eigenvalue weighted by Gasteiger charge is -2.49. The highest BCUT2D eigenvalue weighted by molar-refractivity contribution is 9.10. The quantitative estimate of drug-likeness (QED) is 0.626. The zero-order chi connectivity index (χ0) is 17.3. The smallest absolute Gasteiger partial charge is 0.410 e. The number of cyclic esters (lactones) is 1. The lowest BCUT2D eigenvalue weighted by molar-refractivity contribution is -0.114. The Morgan fingerprint density at radius 1 is 1.39 bits per heavy atom. The molecule has 1 amide bonds. The van der Waals surface area contributed by atoms with Crippen molar-refractivity contribution in [1.29, 1.82) is 0 Å². The molecule has 0 N–H and O–H groups in total. The van der Waals surface area contributed by atoms with Crippen LogP contribution in [0, 0.1) is 5.41 Å². The molecule has 1 fully saturated rings. The van der Waals surface area contributed by atoms with Crippen molar-refractivity contribution in [3.8, 4) is 0 Å². The van der Waals surface area contributed by atoms with Gasteiger partial charge in [0.1, 0.15) is 5.60 Å². The molecular formula is C19H26BrNO2. The Labute approximate surface area is 147 Å². The number of carbonyl (C=O) groups is 1. The molecule has 1 aliphatic heterocycles. The number of benzene rings is 1. The Hall–Kier alpha value is -1.29. The van der Waals surface area contributed by atoms with Gasteiger partial charge in [0.2, 0.25) is 0 Å². The van der Waals surface area contributed by atoms with Crippen molar-refractivity contribution in [2.75, 3.05) is 6.54 Å². The van der Waals surface area contributed by atoms with Crippen LogP contribution in [0.25, 0.3) is 0 Å². The molecule has 2 rings (SSSR count). The Bertz CT molecular complexity index is 576. The standard InChI is InChI=1S/C19H26BrNO2/c1-6-11-19(18(3,4)5)12-13-21(17(22)23-19)14(2)15-7-9-16(20)10-8-15/h6-10,14H,1,11-13H2,2-5H3/t14-,19?/m0/s1. The van der Waals surface area contributed by atoms with Crippen LogP contribution in [-0.4, -0.2) is 23.1 Å². The SMILES string of the molecule is C=CCC1(C(C)(C)C)CCN([C@@H](C)c2ccc(Br)cc2)C(=O)O1. The molecule has 126 valence electrons. The van der Waals surface area contributed by atoms with E-state index < -0.39 is 5.60 Å². The number of halogens is 1. The van der Waals surface area contributed by atoms with Gasteiger partial charge < -0.3 is 9.64 Å². The molecule has 2 atom stereocenters. The highest BCUT2D eigenvalue weighted by Gasteiger charge is 2.49. The van der Waals surface area contributed by atoms with Crippen molar-refractivity contribution in [2.45, 2.75) is 52.2 Å². The van der Waals surface area contributed by atoms with Crippen molar-refractivity contribution in [3.05, 3.63) is 47.0 Å². The van der Waals surface area contributed by atoms with Gasteiger partial charge in [0, 0.05) is 29.3 Å². The molecule has 23 heavy (non-hydrogen) atoms. The van der Waals surface area contributed by atoms with Crippen LogP contribution in [0.4, 0.5) is 4.79 Å². The van der Waals surface area contributed by atoms with Gasteiger partial charge in [-0.05, 0) is 24.6 Å². The average molecular weight is 380 g/mol. The summed E-state index contributed by atoms with van der Waals surface area (Å²) in [6.07, 6.45) is 3.12. The Balaban J connectivity index is 2.19. The fraction of sp³-hybridized carbons (Fsp3) is 0.526. The molecule has 0 aromatic heterocycles. The largest absolute Gasteiger partial charge is 0.442 e. The number of nitrogens with zero attached hydrogens (tertiary/aromatic N) is 1. The normalized spacial score (nSPS) is 23.3.